The molecular weight excluding hydrogens is 218 g/mol. The van der Waals surface area contributed by atoms with E-state index >= 15 is 0 Å². The molecule has 0 heterocycles. The van der Waals surface area contributed by atoms with Crippen molar-refractivity contribution in [3.8, 4) is 0 Å². The zero-order valence-corrected chi connectivity index (χ0v) is 11.2. The van der Waals surface area contributed by atoms with Crippen LogP contribution >= 0.6 is 0 Å². The van der Waals surface area contributed by atoms with Gasteiger partial charge in [-0.1, -0.05) is 50.2 Å². The fourth-order valence-corrected chi connectivity index (χ4v) is 3.34. The number of nitrogens with one attached hydrogen (secondary N) is 1. The van der Waals surface area contributed by atoms with Gasteiger partial charge in [-0.25, -0.2) is 0 Å². The van der Waals surface area contributed by atoms with E-state index in [4.69, 9.17) is 0 Å². The number of benzene rings is 2. The Morgan fingerprint density at radius 2 is 1.94 bits per heavy atom. The van der Waals surface area contributed by atoms with Gasteiger partial charge in [-0.3, -0.25) is 0 Å². The van der Waals surface area contributed by atoms with Crippen molar-refractivity contribution < 1.29 is 0 Å². The van der Waals surface area contributed by atoms with Crippen LogP contribution in [0.25, 0.3) is 10.8 Å². The molecule has 94 valence electrons. The van der Waals surface area contributed by atoms with Crippen LogP contribution in [0.5, 0.6) is 0 Å². The molecule has 3 rings (SSSR count). The maximum atomic E-state index is 3.63. The first-order valence-corrected chi connectivity index (χ1v) is 7.06. The highest BCUT2D eigenvalue weighted by Gasteiger charge is 2.25. The van der Waals surface area contributed by atoms with E-state index in [-0.39, 0.29) is 0 Å². The summed E-state index contributed by atoms with van der Waals surface area (Å²) in [5, 5.41) is 6.45. The van der Waals surface area contributed by atoms with Crippen LogP contribution in [0.15, 0.2) is 36.4 Å². The van der Waals surface area contributed by atoms with Crippen molar-refractivity contribution in [3.05, 3.63) is 47.5 Å². The quantitative estimate of drug-likeness (QED) is 0.819. The van der Waals surface area contributed by atoms with Gasteiger partial charge in [0.05, 0.1) is 0 Å². The fraction of sp³-hybridized carbons (Fsp3) is 0.412. The van der Waals surface area contributed by atoms with Gasteiger partial charge in [-0.2, -0.15) is 0 Å². The van der Waals surface area contributed by atoms with Gasteiger partial charge >= 0.3 is 0 Å². The summed E-state index contributed by atoms with van der Waals surface area (Å²) in [6.07, 6.45) is 2.55. The molecule has 1 aliphatic rings. The lowest BCUT2D eigenvalue weighted by molar-refractivity contribution is 0.443. The average molecular weight is 239 g/mol. The molecule has 0 bridgehead atoms. The Balaban J connectivity index is 2.20. The van der Waals surface area contributed by atoms with Gasteiger partial charge in [0, 0.05) is 6.04 Å². The molecule has 2 unspecified atom stereocenters. The lowest BCUT2D eigenvalue weighted by Crippen LogP contribution is -2.26. The van der Waals surface area contributed by atoms with Gasteiger partial charge in [0.1, 0.15) is 0 Å². The van der Waals surface area contributed by atoms with Crippen LogP contribution in [0.3, 0.4) is 0 Å². The Morgan fingerprint density at radius 1 is 1.11 bits per heavy atom. The van der Waals surface area contributed by atoms with Crippen LogP contribution in [0.4, 0.5) is 0 Å². The zero-order valence-electron chi connectivity index (χ0n) is 11.2. The molecule has 1 heteroatoms. The Morgan fingerprint density at radius 3 is 2.78 bits per heavy atom. The predicted molar refractivity (Wildman–Crippen MR) is 78.0 cm³/mol. The smallest absolute Gasteiger partial charge is 0.0323 e. The summed E-state index contributed by atoms with van der Waals surface area (Å²) >= 11 is 0. The van der Waals surface area contributed by atoms with E-state index in [0.29, 0.717) is 12.0 Å². The van der Waals surface area contributed by atoms with Crippen LogP contribution in [0.2, 0.25) is 0 Å². The van der Waals surface area contributed by atoms with E-state index in [9.17, 15) is 0 Å². The van der Waals surface area contributed by atoms with Crippen LogP contribution in [0, 0.1) is 0 Å². The van der Waals surface area contributed by atoms with Crippen molar-refractivity contribution in [2.45, 2.75) is 38.6 Å². The minimum atomic E-state index is 0.547. The zero-order chi connectivity index (χ0) is 12.5. The van der Waals surface area contributed by atoms with Gasteiger partial charge in [0.25, 0.3) is 0 Å². The van der Waals surface area contributed by atoms with E-state index in [2.05, 4.69) is 55.6 Å². The van der Waals surface area contributed by atoms with Crippen molar-refractivity contribution in [2.75, 3.05) is 6.54 Å². The topological polar surface area (TPSA) is 12.0 Å². The molecule has 0 radical (unpaired) electrons. The van der Waals surface area contributed by atoms with Gasteiger partial charge in [-0.05, 0) is 47.2 Å². The lowest BCUT2D eigenvalue weighted by Gasteiger charge is -2.31. The number of rotatable bonds is 2. The normalized spacial score (nSPS) is 23.0. The van der Waals surface area contributed by atoms with Crippen LogP contribution < -0.4 is 5.32 Å². The van der Waals surface area contributed by atoms with Crippen LogP contribution in [0.1, 0.15) is 49.8 Å². The SMILES string of the molecule is CCNC1CCC(C)c2c1ccc1ccccc21. The molecular formula is C17H21N. The molecule has 1 N–H and O–H groups in total. The van der Waals surface area contributed by atoms with Crippen molar-refractivity contribution in [3.63, 3.8) is 0 Å². The highest BCUT2D eigenvalue weighted by Crippen LogP contribution is 2.41. The first-order chi connectivity index (χ1) is 8.81. The van der Waals surface area contributed by atoms with Gasteiger partial charge in [0.2, 0.25) is 0 Å². The van der Waals surface area contributed by atoms with E-state index in [1.54, 1.807) is 5.56 Å². The molecule has 2 atom stereocenters. The second-order valence-corrected chi connectivity index (χ2v) is 5.38. The van der Waals surface area contributed by atoms with Gasteiger partial charge in [-0.15, -0.1) is 0 Å². The third kappa shape index (κ3) is 1.83. The third-order valence-corrected chi connectivity index (χ3v) is 4.21. The summed E-state index contributed by atoms with van der Waals surface area (Å²) in [4.78, 5) is 0. The molecule has 18 heavy (non-hydrogen) atoms. The molecule has 0 amide bonds. The van der Waals surface area contributed by atoms with E-state index < -0.39 is 0 Å². The fourth-order valence-electron chi connectivity index (χ4n) is 3.34. The number of fused-ring (bicyclic) bond motifs is 3. The summed E-state index contributed by atoms with van der Waals surface area (Å²) in [7, 11) is 0. The molecule has 0 fully saturated rings. The van der Waals surface area contributed by atoms with Gasteiger partial charge in [0.15, 0.2) is 0 Å². The minimum absolute atomic E-state index is 0.547. The Kier molecular flexibility index (Phi) is 3.09. The maximum absolute atomic E-state index is 3.63. The molecule has 1 aliphatic carbocycles. The predicted octanol–water partition coefficient (Wildman–Crippen LogP) is 4.39. The lowest BCUT2D eigenvalue weighted by atomic mass is 9.78. The first-order valence-electron chi connectivity index (χ1n) is 7.06. The maximum Gasteiger partial charge on any atom is 0.0323 e. The van der Waals surface area contributed by atoms with E-state index in [1.807, 2.05) is 0 Å². The van der Waals surface area contributed by atoms with Crippen molar-refractivity contribution in [1.82, 2.24) is 5.32 Å². The second kappa shape index (κ2) is 4.74. The summed E-state index contributed by atoms with van der Waals surface area (Å²) in [6, 6.07) is 13.9. The molecule has 2 aromatic carbocycles. The summed E-state index contributed by atoms with van der Waals surface area (Å²) in [5.41, 5.74) is 3.10. The summed E-state index contributed by atoms with van der Waals surface area (Å²) in [6.45, 7) is 5.61. The highest BCUT2D eigenvalue weighted by molar-refractivity contribution is 5.87. The highest BCUT2D eigenvalue weighted by atomic mass is 14.9. The molecule has 0 saturated carbocycles. The Bertz CT molecular complexity index is 559. The van der Waals surface area contributed by atoms with Gasteiger partial charge < -0.3 is 5.32 Å². The van der Waals surface area contributed by atoms with Crippen LogP contribution in [-0.2, 0) is 0 Å². The molecule has 1 nitrogen and oxygen atoms in total. The number of hydrogen-bond donors (Lipinski definition) is 1. The Labute approximate surface area is 109 Å². The van der Waals surface area contributed by atoms with Crippen molar-refractivity contribution >= 4 is 10.8 Å². The molecule has 2 aromatic rings. The average Bonchev–Trinajstić information content (AvgIpc) is 2.41. The number of hydrogen-bond acceptors (Lipinski definition) is 1. The Hall–Kier alpha value is -1.34. The molecule has 0 saturated heterocycles. The standard InChI is InChI=1S/C17H21N/c1-3-18-16-11-8-12(2)17-14-7-5-4-6-13(14)9-10-15(16)17/h4-7,9-10,12,16,18H,3,8,11H2,1-2H3. The largest absolute Gasteiger partial charge is 0.310 e. The van der Waals surface area contributed by atoms with Crippen molar-refractivity contribution in [2.24, 2.45) is 0 Å². The van der Waals surface area contributed by atoms with Crippen LogP contribution in [-0.4, -0.2) is 6.54 Å². The molecule has 0 aromatic heterocycles. The minimum Gasteiger partial charge on any atom is -0.310 e. The van der Waals surface area contributed by atoms with E-state index in [0.717, 1.165) is 6.54 Å². The second-order valence-electron chi connectivity index (χ2n) is 5.38. The molecule has 0 spiro atoms. The third-order valence-electron chi connectivity index (χ3n) is 4.21. The molecule has 0 aliphatic heterocycles. The van der Waals surface area contributed by atoms with Crippen molar-refractivity contribution in [1.29, 1.82) is 0 Å². The summed E-state index contributed by atoms with van der Waals surface area (Å²) < 4.78 is 0. The first kappa shape index (κ1) is 11.7. The summed E-state index contributed by atoms with van der Waals surface area (Å²) in [5.74, 6) is 0.681. The monoisotopic (exact) mass is 239 g/mol. The van der Waals surface area contributed by atoms with E-state index in [1.165, 1.54) is 29.2 Å².